The number of hydrogen-bond acceptors (Lipinski definition) is 8. The first-order chi connectivity index (χ1) is 22.2. The van der Waals surface area contributed by atoms with Crippen molar-refractivity contribution in [1.82, 2.24) is 24.3 Å². The number of anilines is 1. The fourth-order valence-electron chi connectivity index (χ4n) is 6.21. The van der Waals surface area contributed by atoms with E-state index in [-0.39, 0.29) is 31.3 Å². The van der Waals surface area contributed by atoms with Gasteiger partial charge in [-0.15, -0.1) is 5.10 Å². The minimum Gasteiger partial charge on any atom is -0.494 e. The number of nitrogens with one attached hydrogen (secondary N) is 1. The van der Waals surface area contributed by atoms with Crippen LogP contribution in [0.4, 0.5) is 5.69 Å². The van der Waals surface area contributed by atoms with Gasteiger partial charge < -0.3 is 14.2 Å². The topological polar surface area (TPSA) is 129 Å². The van der Waals surface area contributed by atoms with Crippen molar-refractivity contribution in [3.8, 4) is 11.5 Å². The highest BCUT2D eigenvalue weighted by Crippen LogP contribution is 2.37. The van der Waals surface area contributed by atoms with Gasteiger partial charge in [-0.3, -0.25) is 9.78 Å². The zero-order valence-electron chi connectivity index (χ0n) is 25.6. The van der Waals surface area contributed by atoms with Gasteiger partial charge in [0.25, 0.3) is 0 Å². The fourth-order valence-corrected chi connectivity index (χ4v) is 7.30. The van der Waals surface area contributed by atoms with Gasteiger partial charge in [-0.1, -0.05) is 29.5 Å². The van der Waals surface area contributed by atoms with Crippen molar-refractivity contribution in [2.24, 2.45) is 0 Å². The van der Waals surface area contributed by atoms with Crippen molar-refractivity contribution < 1.29 is 22.1 Å². The van der Waals surface area contributed by atoms with Crippen molar-refractivity contribution >= 4 is 32.9 Å². The maximum absolute atomic E-state index is 13.5. The summed E-state index contributed by atoms with van der Waals surface area (Å²) in [6.45, 7) is 5.41. The molecule has 1 unspecified atom stereocenters. The van der Waals surface area contributed by atoms with E-state index in [2.05, 4.69) is 26.7 Å². The molecule has 5 heterocycles. The molecule has 11 nitrogen and oxygen atoms in total. The Morgan fingerprint density at radius 1 is 1.02 bits per heavy atom. The smallest absolute Gasteiger partial charge is 0.385 e. The third-order valence-electron chi connectivity index (χ3n) is 8.74. The Kier molecular flexibility index (Phi) is 7.91. The van der Waals surface area contributed by atoms with Crippen molar-refractivity contribution in [3.63, 3.8) is 0 Å². The molecule has 0 radical (unpaired) electrons. The van der Waals surface area contributed by atoms with Gasteiger partial charge in [-0.2, -0.15) is 12.7 Å². The Balaban J connectivity index is 1.32. The molecule has 46 heavy (non-hydrogen) atoms. The number of rotatable bonds is 3. The SMILES string of the molecule is Cc1ccc2cc1CN1Cc3cc(ccc3OS1(=O)=O)OCCCCn1nnc3c(C)c(ccc31)[C@@H]2CC(=O)Nc1cccnc1. The molecule has 12 heteroatoms. The lowest BCUT2D eigenvalue weighted by Gasteiger charge is -2.29. The lowest BCUT2D eigenvalue weighted by atomic mass is 9.84. The third kappa shape index (κ3) is 5.93. The van der Waals surface area contributed by atoms with E-state index in [1.54, 1.807) is 36.7 Å². The maximum atomic E-state index is 13.5. The lowest BCUT2D eigenvalue weighted by molar-refractivity contribution is -0.116. The zero-order chi connectivity index (χ0) is 31.8. The summed E-state index contributed by atoms with van der Waals surface area (Å²) in [6, 6.07) is 18.9. The molecule has 3 aromatic carbocycles. The average Bonchev–Trinajstić information content (AvgIpc) is 3.45. The number of benzene rings is 3. The zero-order valence-corrected chi connectivity index (χ0v) is 26.5. The van der Waals surface area contributed by atoms with Crippen LogP contribution in [0.25, 0.3) is 11.0 Å². The number of carbonyl (C=O) groups is 1. The van der Waals surface area contributed by atoms with Crippen molar-refractivity contribution in [3.05, 3.63) is 106 Å². The van der Waals surface area contributed by atoms with Crippen LogP contribution in [0.1, 0.15) is 58.6 Å². The molecule has 1 N–H and O–H groups in total. The van der Waals surface area contributed by atoms with Crippen LogP contribution in [0.5, 0.6) is 11.5 Å². The molecule has 3 aliphatic heterocycles. The largest absolute Gasteiger partial charge is 0.494 e. The van der Waals surface area contributed by atoms with Crippen molar-refractivity contribution in [2.45, 2.75) is 58.7 Å². The third-order valence-corrected chi connectivity index (χ3v) is 10.0. The van der Waals surface area contributed by atoms with Gasteiger partial charge in [-0.05, 0) is 90.9 Å². The molecule has 2 aromatic heterocycles. The van der Waals surface area contributed by atoms with Gasteiger partial charge in [0.1, 0.15) is 17.0 Å². The predicted molar refractivity (Wildman–Crippen MR) is 173 cm³/mol. The molecule has 0 saturated carbocycles. The second-order valence-corrected chi connectivity index (χ2v) is 13.4. The van der Waals surface area contributed by atoms with E-state index < -0.39 is 10.3 Å². The minimum atomic E-state index is -4.04. The summed E-state index contributed by atoms with van der Waals surface area (Å²) >= 11 is 0. The molecule has 5 aromatic rings. The summed E-state index contributed by atoms with van der Waals surface area (Å²) in [7, 11) is -4.04. The molecule has 0 saturated heterocycles. The monoisotopic (exact) mass is 638 g/mol. The summed E-state index contributed by atoms with van der Waals surface area (Å²) in [6.07, 6.45) is 5.05. The number of hydrogen-bond donors (Lipinski definition) is 1. The molecule has 8 rings (SSSR count). The first-order valence-electron chi connectivity index (χ1n) is 15.3. The Morgan fingerprint density at radius 2 is 1.89 bits per heavy atom. The van der Waals surface area contributed by atoms with Crippen LogP contribution >= 0.6 is 0 Å². The number of aromatic nitrogens is 4. The van der Waals surface area contributed by atoms with Gasteiger partial charge in [0, 0.05) is 43.7 Å². The van der Waals surface area contributed by atoms with Gasteiger partial charge in [-0.25, -0.2) is 4.68 Å². The fraction of sp³-hybridized carbons (Fsp3) is 0.294. The van der Waals surface area contributed by atoms with E-state index in [9.17, 15) is 13.2 Å². The summed E-state index contributed by atoms with van der Waals surface area (Å²) in [5, 5.41) is 12.0. The van der Waals surface area contributed by atoms with E-state index in [4.69, 9.17) is 8.92 Å². The number of ether oxygens (including phenoxy) is 1. The quantitative estimate of drug-likeness (QED) is 0.278. The van der Waals surface area contributed by atoms with Gasteiger partial charge in [0.2, 0.25) is 5.91 Å². The van der Waals surface area contributed by atoms with E-state index in [0.29, 0.717) is 30.3 Å². The Morgan fingerprint density at radius 3 is 2.74 bits per heavy atom. The number of aryl methyl sites for hydroxylation is 3. The van der Waals surface area contributed by atoms with E-state index in [1.165, 1.54) is 4.31 Å². The molecule has 0 aliphatic carbocycles. The number of fused-ring (bicyclic) bond motifs is 5. The number of nitrogens with zero attached hydrogens (tertiary/aromatic N) is 5. The molecule has 236 valence electrons. The van der Waals surface area contributed by atoms with Gasteiger partial charge in [0.15, 0.2) is 0 Å². The first kappa shape index (κ1) is 29.9. The number of amides is 1. The second kappa shape index (κ2) is 12.2. The van der Waals surface area contributed by atoms with Gasteiger partial charge >= 0.3 is 10.3 Å². The van der Waals surface area contributed by atoms with Crippen LogP contribution in [0.2, 0.25) is 0 Å². The van der Waals surface area contributed by atoms with E-state index in [1.807, 2.05) is 48.9 Å². The van der Waals surface area contributed by atoms with E-state index in [0.717, 1.165) is 57.3 Å². The average molecular weight is 639 g/mol. The Hall–Kier alpha value is -4.81. The maximum Gasteiger partial charge on any atom is 0.385 e. The molecular formula is C34H34N6O5S. The van der Waals surface area contributed by atoms with Crippen molar-refractivity contribution in [2.75, 3.05) is 11.9 Å². The van der Waals surface area contributed by atoms with Crippen molar-refractivity contribution in [1.29, 1.82) is 0 Å². The summed E-state index contributed by atoms with van der Waals surface area (Å²) < 4.78 is 41.3. The predicted octanol–water partition coefficient (Wildman–Crippen LogP) is 5.42. The van der Waals surface area contributed by atoms with Crippen LogP contribution in [0.3, 0.4) is 0 Å². The normalized spacial score (nSPS) is 19.0. The van der Waals surface area contributed by atoms with Crippen LogP contribution in [0.15, 0.2) is 73.1 Å². The summed E-state index contributed by atoms with van der Waals surface area (Å²) in [5.74, 6) is 0.464. The molecule has 9 bridgehead atoms. The summed E-state index contributed by atoms with van der Waals surface area (Å²) in [4.78, 5) is 17.6. The molecule has 1 amide bonds. The highest BCUT2D eigenvalue weighted by Gasteiger charge is 2.33. The van der Waals surface area contributed by atoms with Gasteiger partial charge in [0.05, 0.1) is 24.0 Å². The molecular weight excluding hydrogens is 604 g/mol. The molecule has 0 fully saturated rings. The Bertz CT molecular complexity index is 2050. The summed E-state index contributed by atoms with van der Waals surface area (Å²) in [5.41, 5.74) is 7.60. The van der Waals surface area contributed by atoms with Crippen LogP contribution in [-0.4, -0.2) is 45.2 Å². The highest BCUT2D eigenvalue weighted by atomic mass is 32.2. The lowest BCUT2D eigenvalue weighted by Crippen LogP contribution is -2.37. The Labute approximate surface area is 267 Å². The molecule has 3 aliphatic rings. The van der Waals surface area contributed by atoms with Crippen LogP contribution < -0.4 is 14.2 Å². The van der Waals surface area contributed by atoms with E-state index >= 15 is 0 Å². The minimum absolute atomic E-state index is 0.105. The molecule has 0 spiro atoms. The second-order valence-electron chi connectivity index (χ2n) is 11.8. The first-order valence-corrected chi connectivity index (χ1v) is 16.7. The number of pyridine rings is 1. The number of carbonyl (C=O) groups excluding carboxylic acids is 1. The standard InChI is InChI=1S/C34H34N6O5S/c1-22-7-8-24-16-25(22)20-39-21-26-17-28(9-12-32(26)45-46(39,42)43)44-15-4-3-14-40-31-11-10-29(23(2)34(31)37-38-40)30(24)18-33(41)36-27-6-5-13-35-19-27/h5-13,16-17,19,30H,3-4,14-15,18,20-21H2,1-2H3,(H,36,41)/t30-/m1/s1. The van der Waals surface area contributed by atoms with Crippen LogP contribution in [0, 0.1) is 13.8 Å². The highest BCUT2D eigenvalue weighted by molar-refractivity contribution is 7.84. The molecule has 2 atom stereocenters. The van der Waals surface area contributed by atoms with Crippen LogP contribution in [-0.2, 0) is 34.7 Å².